The summed E-state index contributed by atoms with van der Waals surface area (Å²) in [5.41, 5.74) is -1.76. The van der Waals surface area contributed by atoms with Gasteiger partial charge in [0.05, 0.1) is 0 Å². The maximum atomic E-state index is 10.4. The van der Waals surface area contributed by atoms with Crippen LogP contribution in [-0.2, 0) is 14.3 Å². The Kier molecular flexibility index (Phi) is 2.06. The van der Waals surface area contributed by atoms with Crippen LogP contribution < -0.4 is 0 Å². The molecule has 0 bridgehead atoms. The lowest BCUT2D eigenvalue weighted by Gasteiger charge is -2.15. The summed E-state index contributed by atoms with van der Waals surface area (Å²) in [5, 5.41) is 17.7. The molecule has 0 aromatic carbocycles. The fourth-order valence-electron chi connectivity index (χ4n) is 0.802. The number of hydrogen-bond acceptors (Lipinski definition) is 4. The fourth-order valence-corrected chi connectivity index (χ4v) is 0.802. The Morgan fingerprint density at radius 2 is 2.25 bits per heavy atom. The minimum Gasteiger partial charge on any atom is -0.479 e. The van der Waals surface area contributed by atoms with Gasteiger partial charge in [0.15, 0.2) is 11.7 Å². The van der Waals surface area contributed by atoms with E-state index < -0.39 is 17.7 Å². The topological polar surface area (TPSA) is 87.1 Å². The van der Waals surface area contributed by atoms with Crippen LogP contribution in [0.3, 0.4) is 0 Å². The summed E-state index contributed by atoms with van der Waals surface area (Å²) in [6.07, 6.45) is -0.201. The molecule has 1 rings (SSSR count). The Hall–Kier alpha value is -1.10. The molecule has 12 heavy (non-hydrogen) atoms. The lowest BCUT2D eigenvalue weighted by atomic mass is 9.99. The van der Waals surface area contributed by atoms with Crippen molar-refractivity contribution >= 4 is 11.9 Å². The third kappa shape index (κ3) is 1.94. The molecule has 68 valence electrons. The number of aliphatic carboxylic acids is 1. The minimum absolute atomic E-state index is 0.0265. The molecule has 1 aliphatic heterocycles. The van der Waals surface area contributed by atoms with Crippen molar-refractivity contribution in [3.63, 3.8) is 0 Å². The van der Waals surface area contributed by atoms with Crippen molar-refractivity contribution in [1.82, 2.24) is 0 Å². The van der Waals surface area contributed by atoms with Crippen LogP contribution in [-0.4, -0.2) is 33.9 Å². The van der Waals surface area contributed by atoms with Crippen LogP contribution in [0.1, 0.15) is 19.8 Å². The van der Waals surface area contributed by atoms with E-state index in [1.807, 2.05) is 0 Å². The number of cyclic esters (lactones) is 1. The third-order valence-corrected chi connectivity index (χ3v) is 1.82. The van der Waals surface area contributed by atoms with Crippen LogP contribution in [0.15, 0.2) is 0 Å². The molecule has 5 nitrogen and oxygen atoms in total. The number of aliphatic hydroxyl groups is 1. The number of carboxylic acid groups (broad SMARTS) is 1. The number of epoxide rings is 1. The van der Waals surface area contributed by atoms with E-state index in [1.165, 1.54) is 6.92 Å². The second-order valence-corrected chi connectivity index (χ2v) is 3.04. The van der Waals surface area contributed by atoms with Crippen LogP contribution in [0.2, 0.25) is 0 Å². The molecule has 0 amide bonds. The molecule has 5 heteroatoms. The first kappa shape index (κ1) is 8.99. The van der Waals surface area contributed by atoms with Gasteiger partial charge in [0.25, 0.3) is 0 Å². The third-order valence-electron chi connectivity index (χ3n) is 1.82. The van der Waals surface area contributed by atoms with Gasteiger partial charge in [-0.25, -0.2) is 9.59 Å². The summed E-state index contributed by atoms with van der Waals surface area (Å²) < 4.78 is 4.45. The van der Waals surface area contributed by atoms with Crippen molar-refractivity contribution < 1.29 is 24.5 Å². The molecule has 1 heterocycles. The van der Waals surface area contributed by atoms with E-state index in [2.05, 4.69) is 4.74 Å². The van der Waals surface area contributed by atoms with Gasteiger partial charge in [0.2, 0.25) is 0 Å². The van der Waals surface area contributed by atoms with E-state index >= 15 is 0 Å². The Morgan fingerprint density at radius 3 is 2.58 bits per heavy atom. The molecular weight excluding hydrogens is 164 g/mol. The molecule has 2 unspecified atom stereocenters. The first-order valence-corrected chi connectivity index (χ1v) is 3.60. The number of carbonyl (C=O) groups excluding carboxylic acids is 1. The highest BCUT2D eigenvalue weighted by Gasteiger charge is 2.41. The molecule has 1 aliphatic rings. The second-order valence-electron chi connectivity index (χ2n) is 3.04. The molecule has 2 atom stereocenters. The van der Waals surface area contributed by atoms with E-state index in [4.69, 9.17) is 5.11 Å². The normalized spacial score (nSPS) is 25.8. The molecular formula is C7H10O5. The lowest BCUT2D eigenvalue weighted by Crippen LogP contribution is -2.35. The molecule has 0 aromatic rings. The zero-order valence-corrected chi connectivity index (χ0v) is 6.61. The number of carboxylic acids is 1. The van der Waals surface area contributed by atoms with Crippen molar-refractivity contribution in [3.05, 3.63) is 0 Å². The van der Waals surface area contributed by atoms with E-state index in [9.17, 15) is 14.7 Å². The minimum atomic E-state index is -1.76. The SMILES string of the molecule is CC(O)(CCC1OC1=O)C(=O)O. The smallest absolute Gasteiger partial charge is 0.348 e. The Morgan fingerprint density at radius 1 is 1.75 bits per heavy atom. The molecule has 2 N–H and O–H groups in total. The van der Waals surface area contributed by atoms with Crippen LogP contribution >= 0.6 is 0 Å². The Bertz CT molecular complexity index is 220. The van der Waals surface area contributed by atoms with Crippen molar-refractivity contribution in [2.45, 2.75) is 31.5 Å². The lowest BCUT2D eigenvalue weighted by molar-refractivity contribution is -0.157. The van der Waals surface area contributed by atoms with Gasteiger partial charge in [-0.3, -0.25) is 0 Å². The van der Waals surface area contributed by atoms with Crippen LogP contribution in [0, 0.1) is 0 Å². The zero-order chi connectivity index (χ0) is 9.35. The number of hydrogen-bond donors (Lipinski definition) is 2. The predicted octanol–water partition coefficient (Wildman–Crippen LogP) is -0.472. The summed E-state index contributed by atoms with van der Waals surface area (Å²) in [6.45, 7) is 1.20. The van der Waals surface area contributed by atoms with Gasteiger partial charge >= 0.3 is 11.9 Å². The van der Waals surface area contributed by atoms with Gasteiger partial charge in [-0.05, 0) is 19.8 Å². The van der Waals surface area contributed by atoms with E-state index in [1.54, 1.807) is 0 Å². The molecule has 0 saturated carbocycles. The highest BCUT2D eigenvalue weighted by molar-refractivity contribution is 5.87. The number of ether oxygens (including phenoxy) is 1. The maximum Gasteiger partial charge on any atom is 0.348 e. The van der Waals surface area contributed by atoms with E-state index in [0.29, 0.717) is 0 Å². The Balaban J connectivity index is 2.30. The molecule has 0 spiro atoms. The van der Waals surface area contributed by atoms with Gasteiger partial charge in [-0.2, -0.15) is 0 Å². The average molecular weight is 174 g/mol. The fraction of sp³-hybridized carbons (Fsp3) is 0.714. The first-order valence-electron chi connectivity index (χ1n) is 3.60. The molecule has 1 saturated heterocycles. The van der Waals surface area contributed by atoms with E-state index in [0.717, 1.165) is 0 Å². The molecule has 0 aliphatic carbocycles. The van der Waals surface area contributed by atoms with Gasteiger partial charge in [0.1, 0.15) is 0 Å². The van der Waals surface area contributed by atoms with Crippen molar-refractivity contribution in [1.29, 1.82) is 0 Å². The predicted molar refractivity (Wildman–Crippen MR) is 37.4 cm³/mol. The van der Waals surface area contributed by atoms with Crippen LogP contribution in [0.5, 0.6) is 0 Å². The van der Waals surface area contributed by atoms with Gasteiger partial charge in [-0.15, -0.1) is 0 Å². The van der Waals surface area contributed by atoms with E-state index in [-0.39, 0.29) is 18.8 Å². The van der Waals surface area contributed by atoms with Gasteiger partial charge < -0.3 is 14.9 Å². The zero-order valence-electron chi connectivity index (χ0n) is 6.61. The highest BCUT2D eigenvalue weighted by Crippen LogP contribution is 2.22. The van der Waals surface area contributed by atoms with Crippen LogP contribution in [0.25, 0.3) is 0 Å². The molecule has 1 fully saturated rings. The second kappa shape index (κ2) is 2.75. The monoisotopic (exact) mass is 174 g/mol. The quantitative estimate of drug-likeness (QED) is 0.562. The molecule has 0 radical (unpaired) electrons. The summed E-state index contributed by atoms with van der Waals surface area (Å²) in [5.74, 6) is -1.60. The van der Waals surface area contributed by atoms with Crippen molar-refractivity contribution in [3.8, 4) is 0 Å². The van der Waals surface area contributed by atoms with Crippen molar-refractivity contribution in [2.24, 2.45) is 0 Å². The summed E-state index contributed by atoms with van der Waals surface area (Å²) in [4.78, 5) is 20.7. The van der Waals surface area contributed by atoms with Crippen molar-refractivity contribution in [2.75, 3.05) is 0 Å². The Labute approximate surface area is 68.9 Å². The summed E-state index contributed by atoms with van der Waals surface area (Å²) in [6, 6.07) is 0. The standard InChI is InChI=1S/C7H10O5/c1-7(11,6(9)10)3-2-4-5(8)12-4/h4,11H,2-3H2,1H3,(H,9,10). The maximum absolute atomic E-state index is 10.4. The number of carbonyl (C=O) groups is 2. The summed E-state index contributed by atoms with van der Waals surface area (Å²) in [7, 11) is 0. The largest absolute Gasteiger partial charge is 0.479 e. The highest BCUT2D eigenvalue weighted by atomic mass is 16.6. The molecule has 0 aromatic heterocycles. The van der Waals surface area contributed by atoms with Gasteiger partial charge in [-0.1, -0.05) is 0 Å². The van der Waals surface area contributed by atoms with Crippen LogP contribution in [0.4, 0.5) is 0 Å². The average Bonchev–Trinajstić information content (AvgIpc) is 2.62. The summed E-state index contributed by atoms with van der Waals surface area (Å²) >= 11 is 0. The number of rotatable bonds is 4. The van der Waals surface area contributed by atoms with Gasteiger partial charge in [0, 0.05) is 0 Å². The first-order chi connectivity index (χ1) is 5.43.